The second kappa shape index (κ2) is 5.26. The molecule has 3 aromatic rings. The van der Waals surface area contributed by atoms with Gasteiger partial charge in [0.2, 0.25) is 0 Å². The normalized spacial score (nSPS) is 14.0. The Kier molecular flexibility index (Phi) is 3.11. The molecule has 0 saturated heterocycles. The smallest absolute Gasteiger partial charge is 0.274 e. The molecule has 3 heteroatoms. The van der Waals surface area contributed by atoms with Crippen molar-refractivity contribution >= 4 is 22.4 Å². The molecule has 0 spiro atoms. The highest BCUT2D eigenvalue weighted by atomic mass is 16.1. The molecule has 22 heavy (non-hydrogen) atoms. The Bertz CT molecular complexity index is 838. The van der Waals surface area contributed by atoms with Crippen molar-refractivity contribution in [1.82, 2.24) is 4.98 Å². The molecule has 3 nitrogen and oxygen atoms in total. The average molecular weight is 288 g/mol. The third kappa shape index (κ3) is 2.35. The first-order valence-electron chi connectivity index (χ1n) is 7.57. The van der Waals surface area contributed by atoms with Gasteiger partial charge >= 0.3 is 0 Å². The highest BCUT2D eigenvalue weighted by molar-refractivity contribution is 6.08. The third-order valence-corrected chi connectivity index (χ3v) is 4.12. The molecule has 2 aromatic carbocycles. The van der Waals surface area contributed by atoms with Gasteiger partial charge in [0.15, 0.2) is 0 Å². The summed E-state index contributed by atoms with van der Waals surface area (Å²) in [5.41, 5.74) is 2.67. The first kappa shape index (κ1) is 13.0. The number of anilines is 1. The fraction of sp³-hybridized carbons (Fsp3) is 0.158. The fourth-order valence-corrected chi connectivity index (χ4v) is 2.87. The number of fused-ring (bicyclic) bond motifs is 1. The molecular weight excluding hydrogens is 272 g/mol. The van der Waals surface area contributed by atoms with Crippen molar-refractivity contribution in [3.05, 3.63) is 72.1 Å². The van der Waals surface area contributed by atoms with E-state index < -0.39 is 0 Å². The van der Waals surface area contributed by atoms with Crippen molar-refractivity contribution in [2.45, 2.75) is 18.8 Å². The van der Waals surface area contributed by atoms with Crippen LogP contribution in [0.25, 0.3) is 10.8 Å². The van der Waals surface area contributed by atoms with Crippen LogP contribution in [-0.2, 0) is 0 Å². The van der Waals surface area contributed by atoms with E-state index in [1.54, 1.807) is 18.3 Å². The summed E-state index contributed by atoms with van der Waals surface area (Å²) in [4.78, 5) is 16.4. The molecule has 1 N–H and O–H groups in total. The van der Waals surface area contributed by atoms with Crippen molar-refractivity contribution in [3.8, 4) is 0 Å². The Morgan fingerprint density at radius 2 is 1.73 bits per heavy atom. The number of aromatic nitrogens is 1. The lowest BCUT2D eigenvalue weighted by Crippen LogP contribution is -2.13. The highest BCUT2D eigenvalue weighted by Gasteiger charge is 2.25. The van der Waals surface area contributed by atoms with E-state index in [9.17, 15) is 4.79 Å². The van der Waals surface area contributed by atoms with Gasteiger partial charge in [0.1, 0.15) is 5.69 Å². The van der Waals surface area contributed by atoms with Gasteiger partial charge in [-0.3, -0.25) is 9.78 Å². The summed E-state index contributed by atoms with van der Waals surface area (Å²) in [5, 5.41) is 5.32. The fourth-order valence-electron chi connectivity index (χ4n) is 2.87. The van der Waals surface area contributed by atoms with E-state index in [2.05, 4.69) is 34.6 Å². The number of amides is 1. The number of pyridine rings is 1. The van der Waals surface area contributed by atoms with Crippen LogP contribution in [0.15, 0.2) is 60.8 Å². The van der Waals surface area contributed by atoms with E-state index in [1.807, 2.05) is 18.2 Å². The molecule has 0 atom stereocenters. The number of hydrogen-bond acceptors (Lipinski definition) is 2. The van der Waals surface area contributed by atoms with Crippen LogP contribution in [0.2, 0.25) is 0 Å². The number of nitrogens with zero attached hydrogens (tertiary/aromatic N) is 1. The zero-order valence-corrected chi connectivity index (χ0v) is 12.1. The third-order valence-electron chi connectivity index (χ3n) is 4.12. The molecule has 1 fully saturated rings. The van der Waals surface area contributed by atoms with Crippen LogP contribution < -0.4 is 5.32 Å². The SMILES string of the molecule is O=C(Nc1ccc(C2CC2)c2ccccc12)c1ccccn1. The lowest BCUT2D eigenvalue weighted by molar-refractivity contribution is 0.102. The summed E-state index contributed by atoms with van der Waals surface area (Å²) in [5.74, 6) is 0.510. The van der Waals surface area contributed by atoms with E-state index in [0.29, 0.717) is 11.6 Å². The van der Waals surface area contributed by atoms with Gasteiger partial charge in [0, 0.05) is 17.3 Å². The van der Waals surface area contributed by atoms with Crippen LogP contribution in [0.4, 0.5) is 5.69 Å². The minimum Gasteiger partial charge on any atom is -0.320 e. The van der Waals surface area contributed by atoms with Crippen LogP contribution >= 0.6 is 0 Å². The first-order valence-corrected chi connectivity index (χ1v) is 7.57. The van der Waals surface area contributed by atoms with E-state index in [1.165, 1.54) is 23.8 Å². The second-order valence-electron chi connectivity index (χ2n) is 5.69. The summed E-state index contributed by atoms with van der Waals surface area (Å²) < 4.78 is 0. The van der Waals surface area contributed by atoms with Crippen LogP contribution in [0.1, 0.15) is 34.8 Å². The Morgan fingerprint density at radius 3 is 2.45 bits per heavy atom. The predicted molar refractivity (Wildman–Crippen MR) is 88.1 cm³/mol. The van der Waals surface area contributed by atoms with Crippen LogP contribution in [0.3, 0.4) is 0 Å². The molecule has 0 bridgehead atoms. The van der Waals surface area contributed by atoms with Crippen molar-refractivity contribution < 1.29 is 4.79 Å². The van der Waals surface area contributed by atoms with Crippen LogP contribution in [0.5, 0.6) is 0 Å². The molecule has 1 saturated carbocycles. The maximum atomic E-state index is 12.3. The highest BCUT2D eigenvalue weighted by Crippen LogP contribution is 2.44. The Labute approximate surface area is 129 Å². The Hall–Kier alpha value is -2.68. The van der Waals surface area contributed by atoms with Crippen molar-refractivity contribution in [2.75, 3.05) is 5.32 Å². The van der Waals surface area contributed by atoms with E-state index in [4.69, 9.17) is 0 Å². The van der Waals surface area contributed by atoms with Gasteiger partial charge in [-0.25, -0.2) is 0 Å². The minimum absolute atomic E-state index is 0.176. The van der Waals surface area contributed by atoms with Crippen molar-refractivity contribution in [1.29, 1.82) is 0 Å². The molecule has 1 aliphatic rings. The topological polar surface area (TPSA) is 42.0 Å². The van der Waals surface area contributed by atoms with Gasteiger partial charge in [-0.2, -0.15) is 0 Å². The maximum Gasteiger partial charge on any atom is 0.274 e. The van der Waals surface area contributed by atoms with Crippen molar-refractivity contribution in [3.63, 3.8) is 0 Å². The lowest BCUT2D eigenvalue weighted by atomic mass is 9.99. The molecule has 1 amide bonds. The first-order chi connectivity index (χ1) is 10.8. The molecule has 1 aliphatic carbocycles. The molecule has 108 valence electrons. The number of carbonyl (C=O) groups is 1. The standard InChI is InChI=1S/C19H16N2O/c22-19(18-7-3-4-12-20-18)21-17-11-10-14(13-8-9-13)15-5-1-2-6-16(15)17/h1-7,10-13H,8-9H2,(H,21,22). The van der Waals surface area contributed by atoms with E-state index >= 15 is 0 Å². The zero-order valence-electron chi connectivity index (χ0n) is 12.1. The summed E-state index contributed by atoms with van der Waals surface area (Å²) in [6.07, 6.45) is 4.16. The Balaban J connectivity index is 1.73. The summed E-state index contributed by atoms with van der Waals surface area (Å²) >= 11 is 0. The molecular formula is C19H16N2O. The zero-order chi connectivity index (χ0) is 14.9. The van der Waals surface area contributed by atoms with Crippen LogP contribution in [0, 0.1) is 0 Å². The second-order valence-corrected chi connectivity index (χ2v) is 5.69. The Morgan fingerprint density at radius 1 is 0.955 bits per heavy atom. The average Bonchev–Trinajstić information content (AvgIpc) is 3.41. The van der Waals surface area contributed by atoms with Gasteiger partial charge in [-0.1, -0.05) is 36.4 Å². The lowest BCUT2D eigenvalue weighted by Gasteiger charge is -2.12. The monoisotopic (exact) mass is 288 g/mol. The van der Waals surface area contributed by atoms with E-state index in [0.717, 1.165) is 11.1 Å². The van der Waals surface area contributed by atoms with Gasteiger partial charge in [-0.15, -0.1) is 0 Å². The summed E-state index contributed by atoms with van der Waals surface area (Å²) in [6, 6.07) is 17.8. The minimum atomic E-state index is -0.176. The molecule has 4 rings (SSSR count). The number of nitrogens with one attached hydrogen (secondary N) is 1. The molecule has 0 unspecified atom stereocenters. The van der Waals surface area contributed by atoms with Gasteiger partial charge in [0.05, 0.1) is 0 Å². The van der Waals surface area contributed by atoms with Gasteiger partial charge < -0.3 is 5.32 Å². The number of benzene rings is 2. The maximum absolute atomic E-state index is 12.3. The molecule has 0 radical (unpaired) electrons. The summed E-state index contributed by atoms with van der Waals surface area (Å²) in [6.45, 7) is 0. The molecule has 1 aromatic heterocycles. The van der Waals surface area contributed by atoms with Gasteiger partial charge in [0.25, 0.3) is 5.91 Å². The number of rotatable bonds is 3. The van der Waals surface area contributed by atoms with E-state index in [-0.39, 0.29) is 5.91 Å². The quantitative estimate of drug-likeness (QED) is 0.777. The molecule has 1 heterocycles. The predicted octanol–water partition coefficient (Wildman–Crippen LogP) is 4.36. The number of hydrogen-bond donors (Lipinski definition) is 1. The summed E-state index contributed by atoms with van der Waals surface area (Å²) in [7, 11) is 0. The number of carbonyl (C=O) groups excluding carboxylic acids is 1. The van der Waals surface area contributed by atoms with Crippen molar-refractivity contribution in [2.24, 2.45) is 0 Å². The largest absolute Gasteiger partial charge is 0.320 e. The van der Waals surface area contributed by atoms with Crippen LogP contribution in [-0.4, -0.2) is 10.9 Å². The molecule has 0 aliphatic heterocycles. The van der Waals surface area contributed by atoms with Gasteiger partial charge in [-0.05, 0) is 47.9 Å².